The van der Waals surface area contributed by atoms with Crippen LogP contribution in [0.3, 0.4) is 0 Å². The van der Waals surface area contributed by atoms with Gasteiger partial charge < -0.3 is 9.84 Å². The van der Waals surface area contributed by atoms with E-state index >= 15 is 0 Å². The second-order valence-corrected chi connectivity index (χ2v) is 1.53. The van der Waals surface area contributed by atoms with Crippen LogP contribution < -0.4 is 5.32 Å². The van der Waals surface area contributed by atoms with Gasteiger partial charge in [0.25, 0.3) is 0 Å². The minimum absolute atomic E-state index is 0.264. The quantitative estimate of drug-likeness (QED) is 0.574. The summed E-state index contributed by atoms with van der Waals surface area (Å²) in [7, 11) is 3.75. The maximum atomic E-state index is 9.73. The van der Waals surface area contributed by atoms with Crippen LogP contribution in [0.4, 0.5) is 0 Å². The summed E-state index contributed by atoms with van der Waals surface area (Å²) in [6.07, 6.45) is 2.02. The van der Waals surface area contributed by atoms with Gasteiger partial charge in [-0.15, -0.1) is 0 Å². The van der Waals surface area contributed by atoms with Gasteiger partial charge >= 0.3 is 0 Å². The van der Waals surface area contributed by atoms with Gasteiger partial charge in [-0.3, -0.25) is 4.79 Å². The summed E-state index contributed by atoms with van der Waals surface area (Å²) in [5, 5.41) is 6.04. The van der Waals surface area contributed by atoms with Crippen molar-refractivity contribution in [1.29, 1.82) is 0 Å². The number of rotatable bonds is 1. The first-order valence-corrected chi connectivity index (χ1v) is 2.79. The third kappa shape index (κ3) is 3.80. The summed E-state index contributed by atoms with van der Waals surface area (Å²) < 4.78 is 4.36. The van der Waals surface area contributed by atoms with Crippen LogP contribution in [0.1, 0.15) is 10.6 Å². The lowest BCUT2D eigenvalue weighted by Gasteiger charge is -1.65. The Morgan fingerprint density at radius 2 is 2.30 bits per heavy atom. The Kier molecular flexibility index (Phi) is 5.28. The Morgan fingerprint density at radius 1 is 1.70 bits per heavy atom. The summed E-state index contributed by atoms with van der Waals surface area (Å²) >= 11 is 0. The highest BCUT2D eigenvalue weighted by molar-refractivity contribution is 5.69. The molecule has 0 aliphatic rings. The first-order valence-electron chi connectivity index (χ1n) is 2.79. The summed E-state index contributed by atoms with van der Waals surface area (Å²) in [6.45, 7) is 0. The standard InChI is InChI=1S/C4H3NO2.C2H7N/c6-3-4-1-2-5-7-4;1-3-2/h1-3H;3H,1-2H3. The maximum absolute atomic E-state index is 9.73. The third-order valence-corrected chi connectivity index (χ3v) is 0.574. The second-order valence-electron chi connectivity index (χ2n) is 1.53. The molecule has 0 radical (unpaired) electrons. The molecule has 56 valence electrons. The summed E-state index contributed by atoms with van der Waals surface area (Å²) in [4.78, 5) is 9.73. The molecule has 0 aliphatic carbocycles. The first-order chi connectivity index (χ1) is 4.85. The van der Waals surface area contributed by atoms with Gasteiger partial charge in [-0.25, -0.2) is 0 Å². The highest BCUT2D eigenvalue weighted by atomic mass is 16.5. The number of nitrogens with zero attached hydrogens (tertiary/aromatic N) is 1. The Balaban J connectivity index is 0.000000236. The Bertz CT molecular complexity index is 160. The molecular weight excluding hydrogens is 132 g/mol. The largest absolute Gasteiger partial charge is 0.353 e. The molecule has 1 aromatic rings. The number of hydrogen-bond acceptors (Lipinski definition) is 4. The van der Waals surface area contributed by atoms with E-state index in [1.807, 2.05) is 14.1 Å². The molecule has 10 heavy (non-hydrogen) atoms. The van der Waals surface area contributed by atoms with Gasteiger partial charge in [0.1, 0.15) is 0 Å². The molecule has 0 bridgehead atoms. The lowest BCUT2D eigenvalue weighted by atomic mass is 10.5. The number of aromatic nitrogens is 1. The van der Waals surface area contributed by atoms with Gasteiger partial charge in [0.2, 0.25) is 0 Å². The molecule has 1 N–H and O–H groups in total. The molecule has 0 spiro atoms. The number of aldehydes is 1. The zero-order valence-corrected chi connectivity index (χ0v) is 6.00. The Morgan fingerprint density at radius 3 is 2.50 bits per heavy atom. The summed E-state index contributed by atoms with van der Waals surface area (Å²) in [5.74, 6) is 0.264. The number of carbonyl (C=O) groups excluding carboxylic acids is 1. The van der Waals surface area contributed by atoms with E-state index in [9.17, 15) is 4.79 Å². The van der Waals surface area contributed by atoms with Crippen molar-refractivity contribution in [2.75, 3.05) is 14.1 Å². The minimum atomic E-state index is 0.264. The fraction of sp³-hybridized carbons (Fsp3) is 0.333. The molecule has 4 heteroatoms. The zero-order chi connectivity index (χ0) is 7.82. The molecule has 0 amide bonds. The molecule has 4 nitrogen and oxygen atoms in total. The van der Waals surface area contributed by atoms with Crippen molar-refractivity contribution in [2.24, 2.45) is 0 Å². The Hall–Kier alpha value is -1.16. The molecule has 0 fully saturated rings. The van der Waals surface area contributed by atoms with Crippen LogP contribution >= 0.6 is 0 Å². The van der Waals surface area contributed by atoms with Gasteiger partial charge in [-0.05, 0) is 14.1 Å². The van der Waals surface area contributed by atoms with Crippen LogP contribution in [0.2, 0.25) is 0 Å². The van der Waals surface area contributed by atoms with Crippen molar-refractivity contribution in [2.45, 2.75) is 0 Å². The van der Waals surface area contributed by atoms with Gasteiger partial charge in [0, 0.05) is 6.07 Å². The fourth-order valence-corrected chi connectivity index (χ4v) is 0.286. The molecule has 0 aromatic carbocycles. The van der Waals surface area contributed by atoms with Crippen LogP contribution in [0.5, 0.6) is 0 Å². The lowest BCUT2D eigenvalue weighted by Crippen LogP contribution is -1.89. The molecule has 0 unspecified atom stereocenters. The van der Waals surface area contributed by atoms with Gasteiger partial charge in [0.15, 0.2) is 12.0 Å². The summed E-state index contributed by atoms with van der Waals surface area (Å²) in [5.41, 5.74) is 0. The number of nitrogens with one attached hydrogen (secondary N) is 1. The highest BCUT2D eigenvalue weighted by Gasteiger charge is 1.86. The fourth-order valence-electron chi connectivity index (χ4n) is 0.286. The van der Waals surface area contributed by atoms with E-state index in [4.69, 9.17) is 0 Å². The number of carbonyl (C=O) groups is 1. The van der Waals surface area contributed by atoms with Crippen molar-refractivity contribution < 1.29 is 9.32 Å². The average Bonchev–Trinajstić information content (AvgIpc) is 2.39. The van der Waals surface area contributed by atoms with Crippen molar-refractivity contribution >= 4 is 6.29 Å². The first kappa shape index (κ1) is 8.84. The highest BCUT2D eigenvalue weighted by Crippen LogP contribution is 1.87. The molecule has 1 aromatic heterocycles. The number of hydrogen-bond donors (Lipinski definition) is 1. The molecule has 1 rings (SSSR count). The van der Waals surface area contributed by atoms with Crippen molar-refractivity contribution in [1.82, 2.24) is 10.5 Å². The Labute approximate surface area is 59.2 Å². The van der Waals surface area contributed by atoms with E-state index in [1.165, 1.54) is 12.3 Å². The topological polar surface area (TPSA) is 55.1 Å². The zero-order valence-electron chi connectivity index (χ0n) is 6.00. The van der Waals surface area contributed by atoms with Crippen molar-refractivity contribution in [3.63, 3.8) is 0 Å². The van der Waals surface area contributed by atoms with E-state index in [1.54, 1.807) is 0 Å². The van der Waals surface area contributed by atoms with Gasteiger partial charge in [0.05, 0.1) is 6.20 Å². The maximum Gasteiger partial charge on any atom is 0.199 e. The second kappa shape index (κ2) is 5.97. The van der Waals surface area contributed by atoms with Gasteiger partial charge in [-0.1, -0.05) is 5.16 Å². The summed E-state index contributed by atoms with van der Waals surface area (Å²) in [6, 6.07) is 1.49. The van der Waals surface area contributed by atoms with E-state index in [-0.39, 0.29) is 5.76 Å². The lowest BCUT2D eigenvalue weighted by molar-refractivity contribution is 0.109. The monoisotopic (exact) mass is 142 g/mol. The van der Waals surface area contributed by atoms with Crippen molar-refractivity contribution in [3.05, 3.63) is 18.0 Å². The van der Waals surface area contributed by atoms with Crippen LogP contribution in [-0.4, -0.2) is 25.5 Å². The van der Waals surface area contributed by atoms with E-state index in [0.29, 0.717) is 6.29 Å². The molecule has 0 atom stereocenters. The predicted octanol–water partition coefficient (Wildman–Crippen LogP) is 0.323. The molecule has 1 heterocycles. The van der Waals surface area contributed by atoms with E-state index in [0.717, 1.165) is 0 Å². The van der Waals surface area contributed by atoms with Crippen LogP contribution in [-0.2, 0) is 0 Å². The van der Waals surface area contributed by atoms with Crippen LogP contribution in [0.15, 0.2) is 16.8 Å². The van der Waals surface area contributed by atoms with Gasteiger partial charge in [-0.2, -0.15) is 0 Å². The third-order valence-electron chi connectivity index (χ3n) is 0.574. The van der Waals surface area contributed by atoms with E-state index < -0.39 is 0 Å². The smallest absolute Gasteiger partial charge is 0.199 e. The predicted molar refractivity (Wildman–Crippen MR) is 36.9 cm³/mol. The van der Waals surface area contributed by atoms with E-state index in [2.05, 4.69) is 15.0 Å². The SMILES string of the molecule is CNC.O=Cc1ccno1. The molecule has 0 aliphatic heterocycles. The van der Waals surface area contributed by atoms with Crippen LogP contribution in [0.25, 0.3) is 0 Å². The molecular formula is C6H10N2O2. The minimum Gasteiger partial charge on any atom is -0.353 e. The molecule has 0 saturated carbocycles. The average molecular weight is 142 g/mol. The van der Waals surface area contributed by atoms with Crippen molar-refractivity contribution in [3.8, 4) is 0 Å². The molecule has 0 saturated heterocycles. The van der Waals surface area contributed by atoms with Crippen LogP contribution in [0, 0.1) is 0 Å². The normalized spacial score (nSPS) is 7.80.